The Morgan fingerprint density at radius 3 is 2.65 bits per heavy atom. The Kier molecular flexibility index (Phi) is 4.76. The molecule has 1 aliphatic rings. The van der Waals surface area contributed by atoms with Gasteiger partial charge in [0.2, 0.25) is 0 Å². The van der Waals surface area contributed by atoms with Gasteiger partial charge in [0.25, 0.3) is 0 Å². The molecule has 0 bridgehead atoms. The summed E-state index contributed by atoms with van der Waals surface area (Å²) in [4.78, 5) is 18.5. The molecule has 2 aromatic carbocycles. The highest BCUT2D eigenvalue weighted by Crippen LogP contribution is 2.25. The van der Waals surface area contributed by atoms with Crippen LogP contribution in [0.4, 0.5) is 0 Å². The summed E-state index contributed by atoms with van der Waals surface area (Å²) >= 11 is 0. The van der Waals surface area contributed by atoms with E-state index in [-0.39, 0.29) is 5.97 Å². The van der Waals surface area contributed by atoms with E-state index in [0.717, 1.165) is 35.1 Å². The zero-order valence-electron chi connectivity index (χ0n) is 15.1. The van der Waals surface area contributed by atoms with Crippen molar-refractivity contribution in [3.63, 3.8) is 0 Å². The molecule has 0 amide bonds. The van der Waals surface area contributed by atoms with Gasteiger partial charge >= 0.3 is 5.97 Å². The molecule has 0 spiro atoms. The minimum Gasteiger partial charge on any atom is -0.457 e. The van der Waals surface area contributed by atoms with E-state index < -0.39 is 0 Å². The van der Waals surface area contributed by atoms with Crippen LogP contribution < -0.4 is 0 Å². The summed E-state index contributed by atoms with van der Waals surface area (Å²) in [6.45, 7) is 5.73. The predicted octanol–water partition coefficient (Wildman–Crippen LogP) is 4.08. The van der Waals surface area contributed by atoms with Gasteiger partial charge in [-0.2, -0.15) is 0 Å². The summed E-state index contributed by atoms with van der Waals surface area (Å²) in [5, 5.41) is 0.960. The molecular weight excluding hydrogens is 324 g/mol. The molecule has 2 heterocycles. The number of nitrogens with zero attached hydrogens (tertiary/aromatic N) is 1. The van der Waals surface area contributed by atoms with Crippen LogP contribution in [-0.2, 0) is 17.8 Å². The maximum atomic E-state index is 12.7. The van der Waals surface area contributed by atoms with Crippen LogP contribution in [-0.4, -0.2) is 35.5 Å². The van der Waals surface area contributed by atoms with E-state index in [1.807, 2.05) is 37.3 Å². The maximum Gasteiger partial charge on any atom is 0.340 e. The number of rotatable bonds is 6. The summed E-state index contributed by atoms with van der Waals surface area (Å²) < 4.78 is 5.56. The summed E-state index contributed by atoms with van der Waals surface area (Å²) in [6.07, 6.45) is 2.33. The zero-order chi connectivity index (χ0) is 17.9. The van der Waals surface area contributed by atoms with Crippen molar-refractivity contribution in [2.75, 3.05) is 19.6 Å². The molecule has 0 saturated carbocycles. The lowest BCUT2D eigenvalue weighted by molar-refractivity contribution is 0.0474. The third-order valence-corrected chi connectivity index (χ3v) is 5.13. The Morgan fingerprint density at radius 1 is 1.12 bits per heavy atom. The number of esters is 1. The van der Waals surface area contributed by atoms with Gasteiger partial charge in [-0.25, -0.2) is 4.79 Å². The summed E-state index contributed by atoms with van der Waals surface area (Å²) in [5.41, 5.74) is 4.76. The molecule has 0 atom stereocenters. The van der Waals surface area contributed by atoms with E-state index >= 15 is 0 Å². The molecule has 0 unspecified atom stereocenters. The van der Waals surface area contributed by atoms with E-state index in [1.165, 1.54) is 25.1 Å². The molecule has 134 valence electrons. The van der Waals surface area contributed by atoms with E-state index in [2.05, 4.69) is 28.1 Å². The Bertz CT molecular complexity index is 911. The van der Waals surface area contributed by atoms with Crippen molar-refractivity contribution in [1.29, 1.82) is 0 Å². The van der Waals surface area contributed by atoms with Crippen molar-refractivity contribution in [2.45, 2.75) is 26.4 Å². The van der Waals surface area contributed by atoms with Crippen molar-refractivity contribution in [1.82, 2.24) is 9.88 Å². The second-order valence-electron chi connectivity index (χ2n) is 7.01. The summed E-state index contributed by atoms with van der Waals surface area (Å²) in [6, 6.07) is 16.1. The van der Waals surface area contributed by atoms with Crippen molar-refractivity contribution in [2.24, 2.45) is 0 Å². The van der Waals surface area contributed by atoms with Gasteiger partial charge < -0.3 is 14.6 Å². The summed E-state index contributed by atoms with van der Waals surface area (Å²) in [5.74, 6) is -0.266. The molecule has 1 aromatic heterocycles. The van der Waals surface area contributed by atoms with Crippen molar-refractivity contribution in [3.05, 3.63) is 70.9 Å². The van der Waals surface area contributed by atoms with Crippen LogP contribution in [0.3, 0.4) is 0 Å². The van der Waals surface area contributed by atoms with Gasteiger partial charge in [-0.05, 0) is 56.1 Å². The first-order valence-corrected chi connectivity index (χ1v) is 9.25. The number of nitrogens with one attached hydrogen (secondary N) is 1. The van der Waals surface area contributed by atoms with Crippen molar-refractivity contribution < 1.29 is 9.53 Å². The Morgan fingerprint density at radius 2 is 1.92 bits per heavy atom. The average Bonchev–Trinajstić information content (AvgIpc) is 2.94. The van der Waals surface area contributed by atoms with Crippen molar-refractivity contribution >= 4 is 16.9 Å². The first-order valence-electron chi connectivity index (χ1n) is 9.25. The Hall–Kier alpha value is -2.59. The van der Waals surface area contributed by atoms with Crippen LogP contribution in [0, 0.1) is 6.92 Å². The number of hydrogen-bond acceptors (Lipinski definition) is 3. The second kappa shape index (κ2) is 7.34. The smallest absolute Gasteiger partial charge is 0.340 e. The Balaban J connectivity index is 1.52. The molecular formula is C22H24N2O2. The first kappa shape index (κ1) is 16.9. The highest BCUT2D eigenvalue weighted by atomic mass is 16.5. The lowest BCUT2D eigenvalue weighted by atomic mass is 10.0. The fourth-order valence-corrected chi connectivity index (χ4v) is 3.48. The molecule has 4 heteroatoms. The number of ether oxygens (including phenoxy) is 1. The van der Waals surface area contributed by atoms with E-state index in [1.54, 1.807) is 0 Å². The molecule has 1 aliphatic heterocycles. The van der Waals surface area contributed by atoms with Gasteiger partial charge in [0.15, 0.2) is 0 Å². The molecule has 4 nitrogen and oxygen atoms in total. The molecule has 1 saturated heterocycles. The monoisotopic (exact) mass is 348 g/mol. The second-order valence-corrected chi connectivity index (χ2v) is 7.01. The third-order valence-electron chi connectivity index (χ3n) is 5.13. The minimum absolute atomic E-state index is 0.266. The van der Waals surface area contributed by atoms with Gasteiger partial charge in [0.1, 0.15) is 6.61 Å². The Labute approximate surface area is 153 Å². The maximum absolute atomic E-state index is 12.7. The highest BCUT2D eigenvalue weighted by molar-refractivity contribution is 6.05. The topological polar surface area (TPSA) is 45.3 Å². The van der Waals surface area contributed by atoms with Crippen LogP contribution in [0.25, 0.3) is 10.9 Å². The van der Waals surface area contributed by atoms with Crippen LogP contribution in [0.1, 0.15) is 33.6 Å². The van der Waals surface area contributed by atoms with E-state index in [4.69, 9.17) is 4.74 Å². The molecule has 1 fully saturated rings. The van der Waals surface area contributed by atoms with Crippen LogP contribution in [0.5, 0.6) is 0 Å². The number of aryl methyl sites for hydroxylation is 1. The number of fused-ring (bicyclic) bond motifs is 1. The number of likely N-dealkylation sites (tertiary alicyclic amines) is 1. The SMILES string of the molecule is Cc1[nH]c2ccc(CCN3CCC3)cc2c1C(=O)OCc1ccccc1. The van der Waals surface area contributed by atoms with Crippen LogP contribution in [0.15, 0.2) is 48.5 Å². The van der Waals surface area contributed by atoms with Gasteiger partial charge in [0.05, 0.1) is 5.56 Å². The number of carbonyl (C=O) groups is 1. The number of aromatic nitrogens is 1. The number of H-pyrrole nitrogens is 1. The van der Waals surface area contributed by atoms with E-state index in [0.29, 0.717) is 12.2 Å². The minimum atomic E-state index is -0.266. The molecule has 3 aromatic rings. The molecule has 1 N–H and O–H groups in total. The normalized spacial score (nSPS) is 14.3. The number of hydrogen-bond donors (Lipinski definition) is 1. The molecule has 0 radical (unpaired) electrons. The third kappa shape index (κ3) is 3.51. The van der Waals surface area contributed by atoms with Gasteiger partial charge in [-0.1, -0.05) is 36.4 Å². The van der Waals surface area contributed by atoms with Gasteiger partial charge in [0, 0.05) is 23.1 Å². The predicted molar refractivity (Wildman–Crippen MR) is 103 cm³/mol. The standard InChI is InChI=1S/C22H24N2O2/c1-16-21(22(25)26-15-18-6-3-2-4-7-18)19-14-17(8-9-20(19)23-16)10-13-24-11-5-12-24/h2-4,6-9,14,23H,5,10-13,15H2,1H3. The molecule has 4 rings (SSSR count). The fraction of sp³-hybridized carbons (Fsp3) is 0.318. The quantitative estimate of drug-likeness (QED) is 0.683. The molecule has 26 heavy (non-hydrogen) atoms. The number of aromatic amines is 1. The zero-order valence-corrected chi connectivity index (χ0v) is 15.1. The highest BCUT2D eigenvalue weighted by Gasteiger charge is 2.18. The summed E-state index contributed by atoms with van der Waals surface area (Å²) in [7, 11) is 0. The number of carbonyl (C=O) groups excluding carboxylic acids is 1. The molecule has 0 aliphatic carbocycles. The largest absolute Gasteiger partial charge is 0.457 e. The lowest BCUT2D eigenvalue weighted by Gasteiger charge is -2.30. The van der Waals surface area contributed by atoms with E-state index in [9.17, 15) is 4.79 Å². The fourth-order valence-electron chi connectivity index (χ4n) is 3.48. The lowest BCUT2D eigenvalue weighted by Crippen LogP contribution is -2.38. The van der Waals surface area contributed by atoms with Gasteiger partial charge in [-0.15, -0.1) is 0 Å². The van der Waals surface area contributed by atoms with Crippen LogP contribution >= 0.6 is 0 Å². The van der Waals surface area contributed by atoms with Crippen LogP contribution in [0.2, 0.25) is 0 Å². The first-order chi connectivity index (χ1) is 12.7. The van der Waals surface area contributed by atoms with Crippen molar-refractivity contribution in [3.8, 4) is 0 Å². The average molecular weight is 348 g/mol. The van der Waals surface area contributed by atoms with Gasteiger partial charge in [-0.3, -0.25) is 0 Å². The number of benzene rings is 2.